The smallest absolute Gasteiger partial charge is 0.319 e. The largest absolute Gasteiger partial charge is 0.377 e. The molecule has 0 aromatic heterocycles. The lowest BCUT2D eigenvalue weighted by atomic mass is 10.0. The molecule has 180 valence electrons. The summed E-state index contributed by atoms with van der Waals surface area (Å²) in [5, 5.41) is 14.9. The number of benzene rings is 2. The zero-order chi connectivity index (χ0) is 24.5. The number of carbonyl (C=O) groups is 2. The zero-order valence-electron chi connectivity index (χ0n) is 20.3. The molecule has 0 bridgehead atoms. The first-order valence-corrected chi connectivity index (χ1v) is 11.9. The van der Waals surface area contributed by atoms with Crippen LogP contribution in [0.2, 0.25) is 0 Å². The molecule has 0 saturated carbocycles. The molecule has 0 saturated heterocycles. The molecule has 1 aliphatic rings. The molecule has 34 heavy (non-hydrogen) atoms. The van der Waals surface area contributed by atoms with Crippen LogP contribution in [-0.2, 0) is 17.8 Å². The Labute approximate surface area is 202 Å². The van der Waals surface area contributed by atoms with E-state index in [4.69, 9.17) is 4.74 Å². The molecule has 1 aliphatic heterocycles. The van der Waals surface area contributed by atoms with Crippen molar-refractivity contribution < 1.29 is 14.3 Å². The molecule has 2 aromatic rings. The van der Waals surface area contributed by atoms with Gasteiger partial charge in [0.15, 0.2) is 0 Å². The summed E-state index contributed by atoms with van der Waals surface area (Å²) < 4.78 is 5.84. The predicted octanol–water partition coefficient (Wildman–Crippen LogP) is 4.64. The summed E-state index contributed by atoms with van der Waals surface area (Å²) in [6, 6.07) is 13.1. The molecule has 0 aliphatic carbocycles. The van der Waals surface area contributed by atoms with E-state index in [9.17, 15) is 14.9 Å². The van der Waals surface area contributed by atoms with Crippen molar-refractivity contribution in [2.75, 3.05) is 31.6 Å². The fraction of sp³-hybridized carbons (Fsp3) is 0.444. The van der Waals surface area contributed by atoms with Gasteiger partial charge in [0, 0.05) is 37.5 Å². The van der Waals surface area contributed by atoms with Gasteiger partial charge in [-0.25, -0.2) is 4.79 Å². The van der Waals surface area contributed by atoms with Crippen LogP contribution < -0.4 is 10.6 Å². The molecule has 0 fully saturated rings. The molecule has 7 heteroatoms. The van der Waals surface area contributed by atoms with E-state index in [2.05, 4.69) is 16.7 Å². The van der Waals surface area contributed by atoms with Crippen LogP contribution in [0.3, 0.4) is 0 Å². The molecule has 0 radical (unpaired) electrons. The van der Waals surface area contributed by atoms with Crippen LogP contribution in [0.4, 0.5) is 10.5 Å². The molecule has 3 rings (SSSR count). The number of anilines is 1. The Morgan fingerprint density at radius 1 is 1.12 bits per heavy atom. The van der Waals surface area contributed by atoms with E-state index in [0.29, 0.717) is 55.6 Å². The molecule has 1 heterocycles. The molecule has 3 amide bonds. The molecule has 0 spiro atoms. The summed E-state index contributed by atoms with van der Waals surface area (Å²) in [6.45, 7) is 8.81. The predicted molar refractivity (Wildman–Crippen MR) is 133 cm³/mol. The number of aryl methyl sites for hydroxylation is 2. The Hall–Kier alpha value is -3.37. The third kappa shape index (κ3) is 7.06. The van der Waals surface area contributed by atoms with Gasteiger partial charge in [0.05, 0.1) is 18.2 Å². The lowest BCUT2D eigenvalue weighted by molar-refractivity contribution is 0.0711. The average Bonchev–Trinajstić information content (AvgIpc) is 2.87. The maximum Gasteiger partial charge on any atom is 0.319 e. The topological polar surface area (TPSA) is 94.5 Å². The van der Waals surface area contributed by atoms with Gasteiger partial charge in [-0.2, -0.15) is 5.26 Å². The molecular weight excluding hydrogens is 428 g/mol. The minimum Gasteiger partial charge on any atom is -0.377 e. The Kier molecular flexibility index (Phi) is 9.06. The summed E-state index contributed by atoms with van der Waals surface area (Å²) >= 11 is 0. The number of nitrogens with zero attached hydrogens (tertiary/aromatic N) is 2. The highest BCUT2D eigenvalue weighted by atomic mass is 16.5. The summed E-state index contributed by atoms with van der Waals surface area (Å²) in [5.74, 6) is 0.304. The second-order valence-electron chi connectivity index (χ2n) is 9.16. The van der Waals surface area contributed by atoms with Crippen LogP contribution in [0.5, 0.6) is 0 Å². The number of carbonyl (C=O) groups excluding carboxylic acids is 2. The standard InChI is InChI=1S/C27H34N4O3/c1-19(2)17-29-27(33)30-25-15-23(9-7-20(25)3)26(32)31-11-4-6-22-10-8-21(16-28)14-24(22)18-34-13-5-12-31/h7-10,14-15,19H,4-6,11-13,17-18H2,1-3H3,(H2,29,30,33). The van der Waals surface area contributed by atoms with Crippen molar-refractivity contribution in [3.63, 3.8) is 0 Å². The van der Waals surface area contributed by atoms with E-state index in [-0.39, 0.29) is 11.9 Å². The number of ether oxygens (including phenoxy) is 1. The summed E-state index contributed by atoms with van der Waals surface area (Å²) in [6.07, 6.45) is 2.36. The van der Waals surface area contributed by atoms with E-state index < -0.39 is 0 Å². The van der Waals surface area contributed by atoms with Crippen molar-refractivity contribution >= 4 is 17.6 Å². The number of urea groups is 1. The Morgan fingerprint density at radius 3 is 2.68 bits per heavy atom. The Morgan fingerprint density at radius 2 is 1.91 bits per heavy atom. The molecule has 2 aromatic carbocycles. The molecular formula is C27H34N4O3. The second kappa shape index (κ2) is 12.2. The summed E-state index contributed by atoms with van der Waals surface area (Å²) in [7, 11) is 0. The van der Waals surface area contributed by atoms with Crippen molar-refractivity contribution in [3.8, 4) is 6.07 Å². The van der Waals surface area contributed by atoms with E-state index >= 15 is 0 Å². The van der Waals surface area contributed by atoms with Gasteiger partial charge in [-0.1, -0.05) is 26.0 Å². The average molecular weight is 463 g/mol. The van der Waals surface area contributed by atoms with Gasteiger partial charge >= 0.3 is 6.03 Å². The van der Waals surface area contributed by atoms with E-state index in [0.717, 1.165) is 36.0 Å². The fourth-order valence-electron chi connectivity index (χ4n) is 3.92. The van der Waals surface area contributed by atoms with Crippen molar-refractivity contribution in [2.24, 2.45) is 5.92 Å². The van der Waals surface area contributed by atoms with Crippen molar-refractivity contribution in [3.05, 3.63) is 64.2 Å². The fourth-order valence-corrected chi connectivity index (χ4v) is 3.92. The van der Waals surface area contributed by atoms with Crippen molar-refractivity contribution in [1.29, 1.82) is 5.26 Å². The number of nitriles is 1. The third-order valence-corrected chi connectivity index (χ3v) is 5.87. The highest BCUT2D eigenvalue weighted by Gasteiger charge is 2.18. The number of rotatable bonds is 4. The van der Waals surface area contributed by atoms with Gasteiger partial charge < -0.3 is 20.3 Å². The highest BCUT2D eigenvalue weighted by Crippen LogP contribution is 2.20. The number of amides is 3. The number of nitrogens with one attached hydrogen (secondary N) is 2. The van der Waals surface area contributed by atoms with E-state index in [1.807, 2.05) is 56.0 Å². The van der Waals surface area contributed by atoms with E-state index in [1.54, 1.807) is 6.07 Å². The zero-order valence-corrected chi connectivity index (χ0v) is 20.3. The van der Waals surface area contributed by atoms with Crippen LogP contribution in [0.15, 0.2) is 36.4 Å². The molecule has 7 nitrogen and oxygen atoms in total. The lowest BCUT2D eigenvalue weighted by Crippen LogP contribution is -2.34. The normalized spacial score (nSPS) is 14.5. The van der Waals surface area contributed by atoms with Gasteiger partial charge in [0.2, 0.25) is 0 Å². The lowest BCUT2D eigenvalue weighted by Gasteiger charge is -2.23. The second-order valence-corrected chi connectivity index (χ2v) is 9.16. The summed E-state index contributed by atoms with van der Waals surface area (Å²) in [4.78, 5) is 27.5. The first-order chi connectivity index (χ1) is 16.4. The van der Waals surface area contributed by atoms with Crippen LogP contribution in [0.1, 0.15) is 59.3 Å². The number of hydrogen-bond acceptors (Lipinski definition) is 4. The first-order valence-electron chi connectivity index (χ1n) is 11.9. The quantitative estimate of drug-likeness (QED) is 0.692. The monoisotopic (exact) mass is 462 g/mol. The molecule has 0 unspecified atom stereocenters. The maximum atomic E-state index is 13.4. The Balaban J connectivity index is 1.70. The number of fused-ring (bicyclic) bond motifs is 1. The number of hydrogen-bond donors (Lipinski definition) is 2. The van der Waals surface area contributed by atoms with Gasteiger partial charge in [0.1, 0.15) is 0 Å². The minimum absolute atomic E-state index is 0.0510. The van der Waals surface area contributed by atoms with Gasteiger partial charge in [0.25, 0.3) is 5.91 Å². The van der Waals surface area contributed by atoms with Crippen LogP contribution >= 0.6 is 0 Å². The van der Waals surface area contributed by atoms with Crippen LogP contribution in [0, 0.1) is 24.2 Å². The highest BCUT2D eigenvalue weighted by molar-refractivity contribution is 5.97. The third-order valence-electron chi connectivity index (χ3n) is 5.87. The van der Waals surface area contributed by atoms with Gasteiger partial charge in [-0.15, -0.1) is 0 Å². The van der Waals surface area contributed by atoms with E-state index in [1.165, 1.54) is 0 Å². The SMILES string of the molecule is Cc1ccc(C(=O)N2CCCOCc3cc(C#N)ccc3CCC2)cc1NC(=O)NCC(C)C. The van der Waals surface area contributed by atoms with Crippen LogP contribution in [-0.4, -0.2) is 43.1 Å². The minimum atomic E-state index is -0.271. The molecule has 0 atom stereocenters. The maximum absolute atomic E-state index is 13.4. The van der Waals surface area contributed by atoms with Gasteiger partial charge in [-0.3, -0.25) is 4.79 Å². The molecule has 2 N–H and O–H groups in total. The Bertz CT molecular complexity index is 1060. The van der Waals surface area contributed by atoms with Crippen molar-refractivity contribution in [1.82, 2.24) is 10.2 Å². The van der Waals surface area contributed by atoms with Crippen LogP contribution in [0.25, 0.3) is 0 Å². The van der Waals surface area contributed by atoms with Gasteiger partial charge in [-0.05, 0) is 73.1 Å². The summed E-state index contributed by atoms with van der Waals surface area (Å²) in [5.41, 5.74) is 4.92. The van der Waals surface area contributed by atoms with Crippen molar-refractivity contribution in [2.45, 2.75) is 46.6 Å². The first kappa shape index (κ1) is 25.3.